The third kappa shape index (κ3) is 2.71. The molecule has 4 heteroatoms. The Balaban J connectivity index is 2.26. The summed E-state index contributed by atoms with van der Waals surface area (Å²) in [5, 5.41) is 9.57. The molecule has 1 fully saturated rings. The highest BCUT2D eigenvalue weighted by Crippen LogP contribution is 2.27. The maximum atomic E-state index is 9.57. The fourth-order valence-corrected chi connectivity index (χ4v) is 2.71. The minimum Gasteiger partial charge on any atom is -0.394 e. The largest absolute Gasteiger partial charge is 0.394 e. The van der Waals surface area contributed by atoms with Crippen LogP contribution in [0, 0.1) is 6.92 Å². The molecule has 18 heavy (non-hydrogen) atoms. The zero-order valence-electron chi connectivity index (χ0n) is 11.2. The van der Waals surface area contributed by atoms with Gasteiger partial charge in [0.2, 0.25) is 0 Å². The Morgan fingerprint density at radius 3 is 2.72 bits per heavy atom. The molecule has 2 rings (SSSR count). The molecule has 2 atom stereocenters. The number of hydrogen-bond donors (Lipinski definition) is 1. The number of aryl methyl sites for hydroxylation is 1. The minimum absolute atomic E-state index is 0.187. The number of nitrogens with zero attached hydrogens (tertiary/aromatic N) is 2. The predicted molar refractivity (Wildman–Crippen MR) is 79.2 cm³/mol. The lowest BCUT2D eigenvalue weighted by Gasteiger charge is -2.44. The fourth-order valence-electron chi connectivity index (χ4n) is 2.46. The summed E-state index contributed by atoms with van der Waals surface area (Å²) in [6.45, 7) is 6.40. The van der Waals surface area contributed by atoms with Crippen molar-refractivity contribution >= 4 is 21.6 Å². The van der Waals surface area contributed by atoms with E-state index in [0.29, 0.717) is 6.04 Å². The molecule has 0 aromatic heterocycles. The summed E-state index contributed by atoms with van der Waals surface area (Å²) in [4.78, 5) is 4.63. The van der Waals surface area contributed by atoms with E-state index < -0.39 is 0 Å². The summed E-state index contributed by atoms with van der Waals surface area (Å²) in [7, 11) is 2.12. The monoisotopic (exact) mass is 312 g/mol. The van der Waals surface area contributed by atoms with Crippen molar-refractivity contribution in [1.29, 1.82) is 0 Å². The van der Waals surface area contributed by atoms with E-state index in [2.05, 4.69) is 64.8 Å². The highest BCUT2D eigenvalue weighted by Gasteiger charge is 2.29. The molecule has 1 aliphatic rings. The first-order valence-electron chi connectivity index (χ1n) is 6.37. The number of aliphatic hydroxyl groups is 1. The first-order valence-corrected chi connectivity index (χ1v) is 7.16. The molecule has 2 unspecified atom stereocenters. The number of benzene rings is 1. The van der Waals surface area contributed by atoms with Crippen LogP contribution in [0.1, 0.15) is 12.5 Å². The number of aliphatic hydroxyl groups excluding tert-OH is 1. The smallest absolute Gasteiger partial charge is 0.0648 e. The second-order valence-corrected chi connectivity index (χ2v) is 6.07. The Labute approximate surface area is 118 Å². The lowest BCUT2D eigenvalue weighted by atomic mass is 10.1. The lowest BCUT2D eigenvalue weighted by molar-refractivity contribution is 0.155. The first-order chi connectivity index (χ1) is 8.52. The Morgan fingerprint density at radius 2 is 2.11 bits per heavy atom. The summed E-state index contributed by atoms with van der Waals surface area (Å²) in [6, 6.07) is 7.09. The molecule has 0 spiro atoms. The first kappa shape index (κ1) is 13.8. The van der Waals surface area contributed by atoms with Gasteiger partial charge in [-0.05, 0) is 44.7 Å². The van der Waals surface area contributed by atoms with Crippen LogP contribution in [-0.4, -0.2) is 48.8 Å². The van der Waals surface area contributed by atoms with Gasteiger partial charge in [0.1, 0.15) is 0 Å². The second-order valence-electron chi connectivity index (χ2n) is 5.21. The molecule has 1 aliphatic heterocycles. The number of anilines is 1. The van der Waals surface area contributed by atoms with E-state index in [1.807, 2.05) is 0 Å². The summed E-state index contributed by atoms with van der Waals surface area (Å²) < 4.78 is 1.13. The SMILES string of the molecule is Cc1cc(N2CC(C)N(C)CC2CO)ccc1Br. The Morgan fingerprint density at radius 1 is 1.39 bits per heavy atom. The Hall–Kier alpha value is -0.580. The van der Waals surface area contributed by atoms with Crippen LogP contribution in [-0.2, 0) is 0 Å². The standard InChI is InChI=1S/C14H21BrN2O/c1-10-6-12(4-5-14(10)15)17-7-11(2)16(3)8-13(17)9-18/h4-6,11,13,18H,7-9H2,1-3H3. The van der Waals surface area contributed by atoms with Gasteiger partial charge in [-0.3, -0.25) is 4.90 Å². The van der Waals surface area contributed by atoms with Crippen LogP contribution in [0.15, 0.2) is 22.7 Å². The summed E-state index contributed by atoms with van der Waals surface area (Å²) >= 11 is 3.53. The van der Waals surface area contributed by atoms with Gasteiger partial charge in [0.25, 0.3) is 0 Å². The lowest BCUT2D eigenvalue weighted by Crippen LogP contribution is -2.57. The Bertz CT molecular complexity index is 424. The van der Waals surface area contributed by atoms with Crippen molar-refractivity contribution in [3.05, 3.63) is 28.2 Å². The maximum absolute atomic E-state index is 9.57. The van der Waals surface area contributed by atoms with Crippen LogP contribution in [0.3, 0.4) is 0 Å². The number of hydrogen-bond acceptors (Lipinski definition) is 3. The molecule has 3 nitrogen and oxygen atoms in total. The van der Waals surface area contributed by atoms with Crippen molar-refractivity contribution in [2.24, 2.45) is 0 Å². The van der Waals surface area contributed by atoms with Gasteiger partial charge >= 0.3 is 0 Å². The topological polar surface area (TPSA) is 26.7 Å². The zero-order valence-corrected chi connectivity index (χ0v) is 12.8. The van der Waals surface area contributed by atoms with Gasteiger partial charge in [-0.25, -0.2) is 0 Å². The van der Waals surface area contributed by atoms with Gasteiger partial charge in [-0.2, -0.15) is 0 Å². The van der Waals surface area contributed by atoms with E-state index in [4.69, 9.17) is 0 Å². The molecule has 1 heterocycles. The minimum atomic E-state index is 0.187. The summed E-state index contributed by atoms with van der Waals surface area (Å²) in [6.07, 6.45) is 0. The molecule has 100 valence electrons. The molecule has 1 aromatic rings. The average molecular weight is 313 g/mol. The van der Waals surface area contributed by atoms with E-state index in [1.54, 1.807) is 0 Å². The van der Waals surface area contributed by atoms with Crippen LogP contribution in [0.25, 0.3) is 0 Å². The van der Waals surface area contributed by atoms with Crippen LogP contribution >= 0.6 is 15.9 Å². The molecule has 0 saturated carbocycles. The predicted octanol–water partition coefficient (Wildman–Crippen LogP) is 2.26. The molecule has 1 saturated heterocycles. The number of piperazine rings is 1. The molecule has 0 aliphatic carbocycles. The van der Waals surface area contributed by atoms with Crippen molar-refractivity contribution in [3.8, 4) is 0 Å². The Kier molecular flexibility index (Phi) is 4.30. The molecule has 1 aromatic carbocycles. The second kappa shape index (κ2) is 5.59. The van der Waals surface area contributed by atoms with Gasteiger partial charge in [0.15, 0.2) is 0 Å². The van der Waals surface area contributed by atoms with Gasteiger partial charge in [0.05, 0.1) is 12.6 Å². The van der Waals surface area contributed by atoms with Crippen LogP contribution in [0.5, 0.6) is 0 Å². The third-order valence-electron chi connectivity index (χ3n) is 3.84. The molecule has 0 amide bonds. The van der Waals surface area contributed by atoms with Gasteiger partial charge in [0, 0.05) is 29.3 Å². The van der Waals surface area contributed by atoms with E-state index in [0.717, 1.165) is 17.6 Å². The molecular formula is C14H21BrN2O. The molecular weight excluding hydrogens is 292 g/mol. The van der Waals surface area contributed by atoms with E-state index in [9.17, 15) is 5.11 Å². The van der Waals surface area contributed by atoms with Crippen molar-refractivity contribution < 1.29 is 5.11 Å². The number of rotatable bonds is 2. The normalized spacial score (nSPS) is 25.5. The maximum Gasteiger partial charge on any atom is 0.0648 e. The third-order valence-corrected chi connectivity index (χ3v) is 4.73. The molecule has 1 N–H and O–H groups in total. The van der Waals surface area contributed by atoms with E-state index in [-0.39, 0.29) is 12.6 Å². The zero-order chi connectivity index (χ0) is 13.3. The van der Waals surface area contributed by atoms with Crippen LogP contribution in [0.2, 0.25) is 0 Å². The summed E-state index contributed by atoms with van der Waals surface area (Å²) in [5.74, 6) is 0. The van der Waals surface area contributed by atoms with E-state index in [1.165, 1.54) is 11.3 Å². The van der Waals surface area contributed by atoms with Crippen molar-refractivity contribution in [1.82, 2.24) is 4.90 Å². The van der Waals surface area contributed by atoms with Gasteiger partial charge in [-0.1, -0.05) is 15.9 Å². The summed E-state index contributed by atoms with van der Waals surface area (Å²) in [5.41, 5.74) is 2.44. The molecule has 0 bridgehead atoms. The number of likely N-dealkylation sites (N-methyl/N-ethyl adjacent to an activating group) is 1. The fraction of sp³-hybridized carbons (Fsp3) is 0.571. The van der Waals surface area contributed by atoms with Gasteiger partial charge in [-0.15, -0.1) is 0 Å². The quantitative estimate of drug-likeness (QED) is 0.907. The van der Waals surface area contributed by atoms with Crippen molar-refractivity contribution in [3.63, 3.8) is 0 Å². The van der Waals surface area contributed by atoms with Crippen molar-refractivity contribution in [2.45, 2.75) is 25.9 Å². The number of halogens is 1. The molecule has 0 radical (unpaired) electrons. The van der Waals surface area contributed by atoms with Crippen LogP contribution < -0.4 is 4.90 Å². The van der Waals surface area contributed by atoms with Crippen LogP contribution in [0.4, 0.5) is 5.69 Å². The highest BCUT2D eigenvalue weighted by molar-refractivity contribution is 9.10. The highest BCUT2D eigenvalue weighted by atomic mass is 79.9. The van der Waals surface area contributed by atoms with E-state index >= 15 is 0 Å². The average Bonchev–Trinajstić information content (AvgIpc) is 2.35. The van der Waals surface area contributed by atoms with Crippen molar-refractivity contribution in [2.75, 3.05) is 31.6 Å². The van der Waals surface area contributed by atoms with Gasteiger partial charge < -0.3 is 10.0 Å².